The van der Waals surface area contributed by atoms with Crippen molar-refractivity contribution >= 4 is 11.3 Å². The Morgan fingerprint density at radius 3 is 2.84 bits per heavy atom. The van der Waals surface area contributed by atoms with Gasteiger partial charge in [-0.1, -0.05) is 0 Å². The van der Waals surface area contributed by atoms with E-state index in [2.05, 4.69) is 10.4 Å². The maximum Gasteiger partial charge on any atom is 0.127 e. The van der Waals surface area contributed by atoms with Gasteiger partial charge in [0.1, 0.15) is 5.01 Å². The van der Waals surface area contributed by atoms with Crippen LogP contribution in [0.15, 0.2) is 12.4 Å². The second-order valence-corrected chi connectivity index (χ2v) is 6.74. The monoisotopic (exact) mass is 274 g/mol. The normalized spacial score (nSPS) is 19.0. The van der Waals surface area contributed by atoms with Gasteiger partial charge in [0.05, 0.1) is 11.9 Å². The number of rotatable bonds is 5. The van der Waals surface area contributed by atoms with Gasteiger partial charge in [0, 0.05) is 42.2 Å². The number of hydrogen-bond acceptors (Lipinski definition) is 4. The summed E-state index contributed by atoms with van der Waals surface area (Å²) in [4.78, 5) is 6.32. The van der Waals surface area contributed by atoms with E-state index in [-0.39, 0.29) is 0 Å². The zero-order valence-electron chi connectivity index (χ0n) is 11.1. The lowest BCUT2D eigenvalue weighted by Crippen LogP contribution is -2.15. The Morgan fingerprint density at radius 1 is 1.37 bits per heavy atom. The van der Waals surface area contributed by atoms with Crippen molar-refractivity contribution in [2.24, 2.45) is 7.05 Å². The highest BCUT2D eigenvalue weighted by molar-refractivity contribution is 7.15. The highest BCUT2D eigenvalue weighted by atomic mass is 32.1. The summed E-state index contributed by atoms with van der Waals surface area (Å²) in [7, 11) is 1.95. The van der Waals surface area contributed by atoms with Gasteiger partial charge in [-0.15, -0.1) is 11.3 Å². The molecule has 2 fully saturated rings. The molecule has 0 bridgehead atoms. The minimum Gasteiger partial charge on any atom is -0.309 e. The molecule has 5 heteroatoms. The average molecular weight is 274 g/mol. The molecular weight excluding hydrogens is 256 g/mol. The first kappa shape index (κ1) is 11.6. The summed E-state index contributed by atoms with van der Waals surface area (Å²) in [6.45, 7) is 0.994. The quantitative estimate of drug-likeness (QED) is 0.911. The first-order valence-electron chi connectivity index (χ1n) is 7.01. The van der Waals surface area contributed by atoms with Gasteiger partial charge in [-0.05, 0) is 25.7 Å². The second kappa shape index (κ2) is 4.42. The molecule has 0 unspecified atom stereocenters. The van der Waals surface area contributed by atoms with Crippen LogP contribution in [0.25, 0.3) is 10.6 Å². The third-order valence-corrected chi connectivity index (χ3v) is 4.89. The van der Waals surface area contributed by atoms with Gasteiger partial charge in [-0.2, -0.15) is 5.10 Å². The molecule has 2 aliphatic rings. The molecule has 1 N–H and O–H groups in total. The summed E-state index contributed by atoms with van der Waals surface area (Å²) < 4.78 is 1.84. The molecule has 0 aliphatic heterocycles. The van der Waals surface area contributed by atoms with Crippen molar-refractivity contribution in [3.05, 3.63) is 23.0 Å². The number of nitrogens with one attached hydrogen (secondary N) is 1. The van der Waals surface area contributed by atoms with Crippen molar-refractivity contribution in [3.63, 3.8) is 0 Å². The summed E-state index contributed by atoms with van der Waals surface area (Å²) in [5.41, 5.74) is 2.49. The van der Waals surface area contributed by atoms with Crippen LogP contribution >= 0.6 is 11.3 Å². The number of aryl methyl sites for hydroxylation is 1. The fraction of sp³-hybridized carbons (Fsp3) is 0.571. The van der Waals surface area contributed by atoms with E-state index in [9.17, 15) is 0 Å². The molecule has 4 rings (SSSR count). The zero-order chi connectivity index (χ0) is 12.8. The molecule has 0 amide bonds. The van der Waals surface area contributed by atoms with Crippen molar-refractivity contribution in [3.8, 4) is 10.6 Å². The first-order valence-corrected chi connectivity index (χ1v) is 7.83. The lowest BCUT2D eigenvalue weighted by Gasteiger charge is -2.01. The maximum absolute atomic E-state index is 4.88. The summed E-state index contributed by atoms with van der Waals surface area (Å²) in [6, 6.07) is 0.760. The van der Waals surface area contributed by atoms with E-state index >= 15 is 0 Å². The fourth-order valence-electron chi connectivity index (χ4n) is 2.35. The molecular formula is C14H18N4S. The van der Waals surface area contributed by atoms with E-state index in [1.165, 1.54) is 36.3 Å². The molecule has 0 atom stereocenters. The van der Waals surface area contributed by atoms with Crippen molar-refractivity contribution < 1.29 is 0 Å². The van der Waals surface area contributed by atoms with Crippen molar-refractivity contribution in [2.75, 3.05) is 0 Å². The largest absolute Gasteiger partial charge is 0.309 e. The predicted octanol–water partition coefficient (Wildman–Crippen LogP) is 2.67. The minimum atomic E-state index is 0.720. The van der Waals surface area contributed by atoms with Crippen LogP contribution in [-0.4, -0.2) is 20.8 Å². The van der Waals surface area contributed by atoms with Gasteiger partial charge in [0.2, 0.25) is 0 Å². The molecule has 2 aromatic heterocycles. The molecule has 0 spiro atoms. The van der Waals surface area contributed by atoms with Crippen LogP contribution in [0.1, 0.15) is 42.2 Å². The Kier molecular flexibility index (Phi) is 2.70. The highest BCUT2D eigenvalue weighted by Gasteiger charge is 2.30. The molecule has 4 nitrogen and oxygen atoms in total. The van der Waals surface area contributed by atoms with Crippen LogP contribution in [0.2, 0.25) is 0 Å². The molecule has 19 heavy (non-hydrogen) atoms. The van der Waals surface area contributed by atoms with Gasteiger partial charge >= 0.3 is 0 Å². The molecule has 100 valence electrons. The Labute approximate surface area is 116 Å². The van der Waals surface area contributed by atoms with Crippen LogP contribution < -0.4 is 5.32 Å². The average Bonchev–Trinajstić information content (AvgIpc) is 3.32. The Morgan fingerprint density at radius 2 is 2.21 bits per heavy atom. The van der Waals surface area contributed by atoms with Crippen molar-refractivity contribution in [1.82, 2.24) is 20.1 Å². The molecule has 0 radical (unpaired) electrons. The third-order valence-electron chi connectivity index (χ3n) is 3.77. The summed E-state index contributed by atoms with van der Waals surface area (Å²) in [6.07, 6.45) is 9.26. The molecule has 0 aromatic carbocycles. The SMILES string of the molecule is Cn1cc(-c2nc(C3CC3)c(CNC3CC3)s2)cn1. The van der Waals surface area contributed by atoms with Crippen LogP contribution in [0.4, 0.5) is 0 Å². The third kappa shape index (κ3) is 2.44. The van der Waals surface area contributed by atoms with E-state index < -0.39 is 0 Å². The first-order chi connectivity index (χ1) is 9.29. The van der Waals surface area contributed by atoms with E-state index in [4.69, 9.17) is 4.98 Å². The van der Waals surface area contributed by atoms with Gasteiger partial charge in [-0.3, -0.25) is 4.68 Å². The maximum atomic E-state index is 4.88. The van der Waals surface area contributed by atoms with Crippen LogP contribution in [0.3, 0.4) is 0 Å². The van der Waals surface area contributed by atoms with Gasteiger partial charge in [0.15, 0.2) is 0 Å². The predicted molar refractivity (Wildman–Crippen MR) is 76.2 cm³/mol. The number of thiazole rings is 1. The summed E-state index contributed by atoms with van der Waals surface area (Å²) >= 11 is 1.84. The van der Waals surface area contributed by atoms with E-state index in [1.807, 2.05) is 35.5 Å². The number of nitrogens with zero attached hydrogens (tertiary/aromatic N) is 3. The molecule has 2 saturated carbocycles. The molecule has 2 aromatic rings. The van der Waals surface area contributed by atoms with Crippen LogP contribution in [-0.2, 0) is 13.6 Å². The number of hydrogen-bond donors (Lipinski definition) is 1. The van der Waals surface area contributed by atoms with Crippen molar-refractivity contribution in [2.45, 2.75) is 44.2 Å². The van der Waals surface area contributed by atoms with E-state index in [0.717, 1.165) is 29.1 Å². The van der Waals surface area contributed by atoms with Gasteiger partial charge in [-0.25, -0.2) is 4.98 Å². The van der Waals surface area contributed by atoms with Crippen LogP contribution in [0, 0.1) is 0 Å². The second-order valence-electron chi connectivity index (χ2n) is 5.66. The van der Waals surface area contributed by atoms with Crippen LogP contribution in [0.5, 0.6) is 0 Å². The minimum absolute atomic E-state index is 0.720. The van der Waals surface area contributed by atoms with Gasteiger partial charge < -0.3 is 5.32 Å². The Balaban J connectivity index is 1.62. The van der Waals surface area contributed by atoms with E-state index in [1.54, 1.807) is 0 Å². The summed E-state index contributed by atoms with van der Waals surface area (Å²) in [5, 5.41) is 8.99. The Hall–Kier alpha value is -1.20. The molecule has 2 aliphatic carbocycles. The Bertz CT molecular complexity index is 592. The molecule has 2 heterocycles. The lowest BCUT2D eigenvalue weighted by atomic mass is 10.2. The zero-order valence-corrected chi connectivity index (χ0v) is 11.9. The number of aromatic nitrogens is 3. The smallest absolute Gasteiger partial charge is 0.127 e. The standard InChI is InChI=1S/C14H18N4S/c1-18-8-10(6-16-18)14-17-13(9-2-3-9)12(19-14)7-15-11-4-5-11/h6,8-9,11,15H,2-5,7H2,1H3. The fourth-order valence-corrected chi connectivity index (χ4v) is 3.42. The van der Waals surface area contributed by atoms with Crippen molar-refractivity contribution in [1.29, 1.82) is 0 Å². The highest BCUT2D eigenvalue weighted by Crippen LogP contribution is 2.44. The van der Waals surface area contributed by atoms with Gasteiger partial charge in [0.25, 0.3) is 0 Å². The van der Waals surface area contributed by atoms with E-state index in [0.29, 0.717) is 0 Å². The molecule has 0 saturated heterocycles. The topological polar surface area (TPSA) is 42.7 Å². The lowest BCUT2D eigenvalue weighted by molar-refractivity contribution is 0.688. The summed E-state index contributed by atoms with van der Waals surface area (Å²) in [5.74, 6) is 0.720.